The Hall–Kier alpha value is -1.14. The zero-order valence-corrected chi connectivity index (χ0v) is 6.75. The van der Waals surface area contributed by atoms with Gasteiger partial charge >= 0.3 is 0 Å². The largest absolute Gasteiger partial charge is 0.379 e. The number of isocyanates is 1. The third-order valence-electron chi connectivity index (χ3n) is 1.59. The summed E-state index contributed by atoms with van der Waals surface area (Å²) < 4.78 is 5.15. The molecule has 1 aliphatic rings. The molecule has 0 spiro atoms. The standard InChI is InChI=1S/C8H10N2O2/c11-8-9-2-1-3-10-4-6-12-7-5-10/h3-7H2. The maximum atomic E-state index is 9.63. The summed E-state index contributed by atoms with van der Waals surface area (Å²) in [6, 6.07) is 2.35. The minimum Gasteiger partial charge on any atom is -0.379 e. The van der Waals surface area contributed by atoms with Gasteiger partial charge in [0.2, 0.25) is 6.08 Å². The van der Waals surface area contributed by atoms with Gasteiger partial charge in [0.15, 0.2) is 0 Å². The molecule has 4 nitrogen and oxygen atoms in total. The molecule has 0 aromatic heterocycles. The van der Waals surface area contributed by atoms with E-state index < -0.39 is 0 Å². The molecule has 0 radical (unpaired) electrons. The summed E-state index contributed by atoms with van der Waals surface area (Å²) in [5, 5.41) is 0. The summed E-state index contributed by atoms with van der Waals surface area (Å²) in [5.41, 5.74) is 0. The molecular formula is C8H10N2O2. The zero-order valence-electron chi connectivity index (χ0n) is 6.75. The van der Waals surface area contributed by atoms with Crippen molar-refractivity contribution >= 4 is 6.08 Å². The Morgan fingerprint density at radius 1 is 1.42 bits per heavy atom. The van der Waals surface area contributed by atoms with Crippen LogP contribution >= 0.6 is 0 Å². The van der Waals surface area contributed by atoms with Gasteiger partial charge in [0.05, 0.1) is 19.8 Å². The summed E-state index contributed by atoms with van der Waals surface area (Å²) >= 11 is 0. The molecule has 0 unspecified atom stereocenters. The molecule has 0 bridgehead atoms. The number of nitrogens with zero attached hydrogens (tertiary/aromatic N) is 2. The molecule has 12 heavy (non-hydrogen) atoms. The highest BCUT2D eigenvalue weighted by molar-refractivity contribution is 5.36. The second-order valence-corrected chi connectivity index (χ2v) is 2.38. The summed E-state index contributed by atoms with van der Waals surface area (Å²) in [7, 11) is 0. The summed E-state index contributed by atoms with van der Waals surface area (Å²) in [4.78, 5) is 14.9. The fraction of sp³-hybridized carbons (Fsp3) is 0.625. The van der Waals surface area contributed by atoms with Crippen molar-refractivity contribution in [1.29, 1.82) is 0 Å². The summed E-state index contributed by atoms with van der Waals surface area (Å²) in [5.74, 6) is 2.75. The summed E-state index contributed by atoms with van der Waals surface area (Å²) in [6.07, 6.45) is 1.36. The maximum Gasteiger partial charge on any atom is 0.249 e. The molecule has 1 aliphatic heterocycles. The quantitative estimate of drug-likeness (QED) is 0.303. The van der Waals surface area contributed by atoms with Crippen LogP contribution in [0.25, 0.3) is 0 Å². The van der Waals surface area contributed by atoms with E-state index in [1.54, 1.807) is 0 Å². The Morgan fingerprint density at radius 2 is 2.17 bits per heavy atom. The molecule has 1 saturated heterocycles. The first-order valence-corrected chi connectivity index (χ1v) is 3.78. The molecule has 64 valence electrons. The minimum absolute atomic E-state index is 0.647. The molecule has 0 saturated carbocycles. The lowest BCUT2D eigenvalue weighted by molar-refractivity contribution is 0.0443. The van der Waals surface area contributed by atoms with Crippen LogP contribution in [-0.2, 0) is 9.53 Å². The zero-order chi connectivity index (χ0) is 8.65. The lowest BCUT2D eigenvalue weighted by Gasteiger charge is -2.23. The van der Waals surface area contributed by atoms with Gasteiger partial charge in [-0.25, -0.2) is 4.79 Å². The van der Waals surface area contributed by atoms with E-state index in [4.69, 9.17) is 4.74 Å². The maximum absolute atomic E-state index is 9.63. The van der Waals surface area contributed by atoms with E-state index >= 15 is 0 Å². The number of morpholine rings is 1. The van der Waals surface area contributed by atoms with Crippen molar-refractivity contribution in [3.63, 3.8) is 0 Å². The van der Waals surface area contributed by atoms with Gasteiger partial charge in [-0.15, -0.1) is 4.99 Å². The van der Waals surface area contributed by atoms with Crippen LogP contribution in [0.15, 0.2) is 4.99 Å². The topological polar surface area (TPSA) is 41.9 Å². The summed E-state index contributed by atoms with van der Waals surface area (Å²) in [6.45, 7) is 3.98. The van der Waals surface area contributed by atoms with Crippen LogP contribution in [0.4, 0.5) is 0 Å². The van der Waals surface area contributed by atoms with Crippen LogP contribution in [0.2, 0.25) is 0 Å². The fourth-order valence-corrected chi connectivity index (χ4v) is 0.969. The highest BCUT2D eigenvalue weighted by atomic mass is 16.5. The lowest BCUT2D eigenvalue weighted by atomic mass is 10.4. The van der Waals surface area contributed by atoms with Crippen molar-refractivity contribution in [2.24, 2.45) is 4.99 Å². The molecule has 1 fully saturated rings. The molecule has 0 aliphatic carbocycles. The Bertz CT molecular complexity index is 229. The first kappa shape index (κ1) is 8.95. The van der Waals surface area contributed by atoms with Gasteiger partial charge in [0, 0.05) is 19.1 Å². The molecular weight excluding hydrogens is 156 g/mol. The van der Waals surface area contributed by atoms with E-state index in [-0.39, 0.29) is 0 Å². The van der Waals surface area contributed by atoms with Crippen LogP contribution < -0.4 is 0 Å². The molecule has 4 heteroatoms. The average molecular weight is 166 g/mol. The Balaban J connectivity index is 2.22. The SMILES string of the molecule is O=C=NC#CCN1CCOCC1. The van der Waals surface area contributed by atoms with Crippen LogP contribution in [0.3, 0.4) is 0 Å². The van der Waals surface area contributed by atoms with Crippen molar-refractivity contribution in [3.05, 3.63) is 0 Å². The van der Waals surface area contributed by atoms with Crippen molar-refractivity contribution in [3.8, 4) is 12.0 Å². The minimum atomic E-state index is 0.647. The van der Waals surface area contributed by atoms with E-state index in [1.165, 1.54) is 6.08 Å². The lowest BCUT2D eigenvalue weighted by Crippen LogP contribution is -2.36. The number of carbonyl (C=O) groups excluding carboxylic acids is 1. The second-order valence-electron chi connectivity index (χ2n) is 2.38. The van der Waals surface area contributed by atoms with Crippen molar-refractivity contribution in [1.82, 2.24) is 4.90 Å². The third kappa shape index (κ3) is 3.31. The molecule has 1 heterocycles. The Kier molecular flexibility index (Phi) is 4.11. The predicted molar refractivity (Wildman–Crippen MR) is 43.2 cm³/mol. The second kappa shape index (κ2) is 5.50. The van der Waals surface area contributed by atoms with Crippen molar-refractivity contribution in [2.45, 2.75) is 0 Å². The molecule has 0 N–H and O–H groups in total. The number of rotatable bonds is 1. The third-order valence-corrected chi connectivity index (χ3v) is 1.59. The first-order chi connectivity index (χ1) is 5.93. The average Bonchev–Trinajstić information content (AvgIpc) is 2.14. The van der Waals surface area contributed by atoms with Crippen LogP contribution in [0.5, 0.6) is 0 Å². The van der Waals surface area contributed by atoms with Gasteiger partial charge in [0.25, 0.3) is 0 Å². The monoisotopic (exact) mass is 166 g/mol. The first-order valence-electron chi connectivity index (χ1n) is 3.78. The predicted octanol–water partition coefficient (Wildman–Crippen LogP) is -0.385. The highest BCUT2D eigenvalue weighted by Crippen LogP contribution is 1.94. The molecule has 0 atom stereocenters. The van der Waals surface area contributed by atoms with Crippen LogP contribution in [-0.4, -0.2) is 43.8 Å². The number of hydrogen-bond donors (Lipinski definition) is 0. The normalized spacial score (nSPS) is 17.3. The molecule has 0 amide bonds. The van der Waals surface area contributed by atoms with Crippen LogP contribution in [0.1, 0.15) is 0 Å². The van der Waals surface area contributed by atoms with Crippen molar-refractivity contribution < 1.29 is 9.53 Å². The highest BCUT2D eigenvalue weighted by Gasteiger charge is 2.07. The van der Waals surface area contributed by atoms with Gasteiger partial charge in [-0.05, 0) is 0 Å². The van der Waals surface area contributed by atoms with Gasteiger partial charge in [-0.3, -0.25) is 4.90 Å². The number of ether oxygens (including phenoxy) is 1. The number of hydrogen-bond acceptors (Lipinski definition) is 4. The van der Waals surface area contributed by atoms with E-state index in [1.807, 2.05) is 0 Å². The number of aliphatic imine (C=N–C) groups is 1. The molecule has 0 aromatic carbocycles. The van der Waals surface area contributed by atoms with E-state index in [0.717, 1.165) is 26.3 Å². The van der Waals surface area contributed by atoms with Gasteiger partial charge in [-0.2, -0.15) is 0 Å². The van der Waals surface area contributed by atoms with E-state index in [0.29, 0.717) is 6.54 Å². The van der Waals surface area contributed by atoms with Crippen LogP contribution in [0, 0.1) is 12.0 Å². The van der Waals surface area contributed by atoms with Gasteiger partial charge < -0.3 is 4.74 Å². The van der Waals surface area contributed by atoms with Gasteiger partial charge in [-0.1, -0.05) is 5.92 Å². The molecule has 0 aromatic rings. The van der Waals surface area contributed by atoms with E-state index in [2.05, 4.69) is 21.9 Å². The van der Waals surface area contributed by atoms with Crippen molar-refractivity contribution in [2.75, 3.05) is 32.8 Å². The van der Waals surface area contributed by atoms with Gasteiger partial charge in [0.1, 0.15) is 0 Å². The smallest absolute Gasteiger partial charge is 0.249 e. The Morgan fingerprint density at radius 3 is 2.83 bits per heavy atom. The van der Waals surface area contributed by atoms with E-state index in [9.17, 15) is 4.79 Å². The Labute approximate surface area is 71.2 Å². The fourth-order valence-electron chi connectivity index (χ4n) is 0.969. The molecule has 1 rings (SSSR count).